The van der Waals surface area contributed by atoms with Gasteiger partial charge in [-0.15, -0.1) is 0 Å². The third-order valence-corrected chi connectivity index (χ3v) is 2.74. The summed E-state index contributed by atoms with van der Waals surface area (Å²) in [6.45, 7) is 9.41. The highest BCUT2D eigenvalue weighted by Gasteiger charge is 2.27. The lowest BCUT2D eigenvalue weighted by atomic mass is 10.0. The summed E-state index contributed by atoms with van der Waals surface area (Å²) >= 11 is 0. The fourth-order valence-electron chi connectivity index (χ4n) is 1.91. The fourth-order valence-corrected chi connectivity index (χ4v) is 1.91. The first-order valence-electron chi connectivity index (χ1n) is 7.53. The van der Waals surface area contributed by atoms with Gasteiger partial charge in [-0.25, -0.2) is 9.59 Å². The standard InChI is InChI=1S/C17H26N2O3/c1-12(2)11-14(15(20)22-17(3,4)5)19-16(21)18-13-9-7-6-8-10-13/h6-10,12,14H,11H2,1-5H3,(H2,18,19,21)/t14-/m0/s1. The Morgan fingerprint density at radius 2 is 1.73 bits per heavy atom. The van der Waals surface area contributed by atoms with Gasteiger partial charge in [0.1, 0.15) is 11.6 Å². The van der Waals surface area contributed by atoms with Gasteiger partial charge < -0.3 is 15.4 Å². The summed E-state index contributed by atoms with van der Waals surface area (Å²) in [5.41, 5.74) is 0.0941. The van der Waals surface area contributed by atoms with E-state index in [2.05, 4.69) is 10.6 Å². The first-order chi connectivity index (χ1) is 10.2. The van der Waals surface area contributed by atoms with Gasteiger partial charge in [-0.2, -0.15) is 0 Å². The summed E-state index contributed by atoms with van der Waals surface area (Å²) in [7, 11) is 0. The summed E-state index contributed by atoms with van der Waals surface area (Å²) in [6.07, 6.45) is 0.525. The number of hydrogen-bond acceptors (Lipinski definition) is 3. The van der Waals surface area contributed by atoms with Crippen LogP contribution in [0.2, 0.25) is 0 Å². The molecule has 0 heterocycles. The second-order valence-electron chi connectivity index (χ2n) is 6.68. The lowest BCUT2D eigenvalue weighted by Gasteiger charge is -2.25. The molecule has 5 nitrogen and oxygen atoms in total. The maximum absolute atomic E-state index is 12.2. The molecule has 1 aromatic rings. The molecular formula is C17H26N2O3. The van der Waals surface area contributed by atoms with Crippen LogP contribution in [0.1, 0.15) is 41.0 Å². The number of carbonyl (C=O) groups is 2. The van der Waals surface area contributed by atoms with Crippen molar-refractivity contribution in [2.75, 3.05) is 5.32 Å². The number of urea groups is 1. The number of para-hydroxylation sites is 1. The van der Waals surface area contributed by atoms with Crippen molar-refractivity contribution in [1.82, 2.24) is 5.32 Å². The first kappa shape index (κ1) is 18.0. The molecule has 5 heteroatoms. The second-order valence-corrected chi connectivity index (χ2v) is 6.68. The van der Waals surface area contributed by atoms with Crippen LogP contribution in [-0.2, 0) is 9.53 Å². The molecule has 1 aromatic carbocycles. The minimum Gasteiger partial charge on any atom is -0.458 e. The minimum atomic E-state index is -0.664. The zero-order chi connectivity index (χ0) is 16.8. The van der Waals surface area contributed by atoms with Gasteiger partial charge >= 0.3 is 12.0 Å². The molecule has 0 aliphatic carbocycles. The molecule has 0 spiro atoms. The number of benzene rings is 1. The van der Waals surface area contributed by atoms with Crippen LogP contribution in [0.5, 0.6) is 0 Å². The Bertz CT molecular complexity index is 492. The SMILES string of the molecule is CC(C)C[C@H](NC(=O)Nc1ccccc1)C(=O)OC(C)(C)C. The zero-order valence-corrected chi connectivity index (χ0v) is 14.0. The normalized spacial score (nSPS) is 12.6. The van der Waals surface area contributed by atoms with Crippen molar-refractivity contribution in [3.8, 4) is 0 Å². The molecule has 22 heavy (non-hydrogen) atoms. The van der Waals surface area contributed by atoms with Crippen LogP contribution in [0.15, 0.2) is 30.3 Å². The van der Waals surface area contributed by atoms with Crippen molar-refractivity contribution < 1.29 is 14.3 Å². The summed E-state index contributed by atoms with van der Waals surface area (Å²) in [6, 6.07) is 8.01. The predicted molar refractivity (Wildman–Crippen MR) is 87.7 cm³/mol. The van der Waals surface area contributed by atoms with Crippen molar-refractivity contribution in [3.05, 3.63) is 30.3 Å². The topological polar surface area (TPSA) is 67.4 Å². The Balaban J connectivity index is 2.68. The molecule has 1 atom stereocenters. The number of rotatable bonds is 5. The maximum atomic E-state index is 12.2. The Morgan fingerprint density at radius 1 is 1.14 bits per heavy atom. The van der Waals surface area contributed by atoms with Gasteiger partial charge in [0, 0.05) is 5.69 Å². The smallest absolute Gasteiger partial charge is 0.329 e. The van der Waals surface area contributed by atoms with Crippen LogP contribution >= 0.6 is 0 Å². The Labute approximate surface area is 132 Å². The number of anilines is 1. The van der Waals surface area contributed by atoms with E-state index < -0.39 is 23.6 Å². The second kappa shape index (κ2) is 7.82. The first-order valence-corrected chi connectivity index (χ1v) is 7.53. The monoisotopic (exact) mass is 306 g/mol. The van der Waals surface area contributed by atoms with Gasteiger partial charge in [0.25, 0.3) is 0 Å². The van der Waals surface area contributed by atoms with E-state index in [0.29, 0.717) is 12.1 Å². The van der Waals surface area contributed by atoms with Crippen molar-refractivity contribution in [2.24, 2.45) is 5.92 Å². The van der Waals surface area contributed by atoms with Crippen molar-refractivity contribution in [2.45, 2.75) is 52.7 Å². The number of amides is 2. The van der Waals surface area contributed by atoms with Crippen molar-refractivity contribution >= 4 is 17.7 Å². The highest BCUT2D eigenvalue weighted by atomic mass is 16.6. The van der Waals surface area contributed by atoms with Crippen LogP contribution in [0.4, 0.5) is 10.5 Å². The predicted octanol–water partition coefficient (Wildman–Crippen LogP) is 3.56. The molecule has 2 amide bonds. The number of carbonyl (C=O) groups excluding carboxylic acids is 2. The highest BCUT2D eigenvalue weighted by molar-refractivity contribution is 5.92. The molecule has 0 aliphatic rings. The van der Waals surface area contributed by atoms with Gasteiger partial charge in [-0.3, -0.25) is 0 Å². The van der Waals surface area contributed by atoms with Gasteiger partial charge in [0.05, 0.1) is 0 Å². The molecule has 0 radical (unpaired) electrons. The maximum Gasteiger partial charge on any atom is 0.329 e. The molecule has 1 rings (SSSR count). The molecule has 0 unspecified atom stereocenters. The molecule has 0 aromatic heterocycles. The Kier molecular flexibility index (Phi) is 6.40. The van der Waals surface area contributed by atoms with Gasteiger partial charge in [-0.05, 0) is 45.2 Å². The van der Waals surface area contributed by atoms with Gasteiger partial charge in [-0.1, -0.05) is 32.0 Å². The lowest BCUT2D eigenvalue weighted by Crippen LogP contribution is -2.46. The molecule has 0 aliphatic heterocycles. The van der Waals surface area contributed by atoms with E-state index in [-0.39, 0.29) is 5.92 Å². The fraction of sp³-hybridized carbons (Fsp3) is 0.529. The van der Waals surface area contributed by atoms with E-state index in [4.69, 9.17) is 4.74 Å². The van der Waals surface area contributed by atoms with Crippen LogP contribution in [0, 0.1) is 5.92 Å². The Morgan fingerprint density at radius 3 is 2.23 bits per heavy atom. The van der Waals surface area contributed by atoms with Crippen LogP contribution in [0.3, 0.4) is 0 Å². The Hall–Kier alpha value is -2.04. The quantitative estimate of drug-likeness (QED) is 0.817. The summed E-state index contributed by atoms with van der Waals surface area (Å²) in [5.74, 6) is -0.154. The molecular weight excluding hydrogens is 280 g/mol. The van der Waals surface area contributed by atoms with Gasteiger partial charge in [0.15, 0.2) is 0 Å². The van der Waals surface area contributed by atoms with E-state index in [1.165, 1.54) is 0 Å². The summed E-state index contributed by atoms with van der Waals surface area (Å²) < 4.78 is 5.37. The van der Waals surface area contributed by atoms with E-state index in [1.807, 2.05) is 32.0 Å². The van der Waals surface area contributed by atoms with E-state index in [0.717, 1.165) is 0 Å². The third-order valence-electron chi connectivity index (χ3n) is 2.74. The number of ether oxygens (including phenoxy) is 1. The molecule has 0 fully saturated rings. The highest BCUT2D eigenvalue weighted by Crippen LogP contribution is 2.13. The summed E-state index contributed by atoms with van der Waals surface area (Å²) in [5, 5.41) is 5.40. The van der Waals surface area contributed by atoms with Crippen molar-refractivity contribution in [3.63, 3.8) is 0 Å². The van der Waals surface area contributed by atoms with Crippen molar-refractivity contribution in [1.29, 1.82) is 0 Å². The third kappa shape index (κ3) is 7.11. The molecule has 2 N–H and O–H groups in total. The average Bonchev–Trinajstić information content (AvgIpc) is 2.36. The number of hydrogen-bond donors (Lipinski definition) is 2. The zero-order valence-electron chi connectivity index (χ0n) is 14.0. The van der Waals surface area contributed by atoms with Crippen LogP contribution < -0.4 is 10.6 Å². The molecule has 0 bridgehead atoms. The molecule has 122 valence electrons. The number of nitrogens with one attached hydrogen (secondary N) is 2. The van der Waals surface area contributed by atoms with Crippen LogP contribution in [0.25, 0.3) is 0 Å². The largest absolute Gasteiger partial charge is 0.458 e. The lowest BCUT2D eigenvalue weighted by molar-refractivity contribution is -0.157. The molecule has 0 saturated carbocycles. The van der Waals surface area contributed by atoms with E-state index in [1.54, 1.807) is 32.9 Å². The van der Waals surface area contributed by atoms with Crippen LogP contribution in [-0.4, -0.2) is 23.6 Å². The minimum absolute atomic E-state index is 0.259. The summed E-state index contributed by atoms with van der Waals surface area (Å²) in [4.78, 5) is 24.3. The van der Waals surface area contributed by atoms with Gasteiger partial charge in [0.2, 0.25) is 0 Å². The molecule has 0 saturated heterocycles. The van der Waals surface area contributed by atoms with E-state index in [9.17, 15) is 9.59 Å². The number of esters is 1. The average molecular weight is 306 g/mol. The van der Waals surface area contributed by atoms with E-state index >= 15 is 0 Å².